The minimum Gasteiger partial charge on any atom is -0.396 e. The van der Waals surface area contributed by atoms with Gasteiger partial charge in [-0.15, -0.1) is 0 Å². The molecule has 134 valence electrons. The van der Waals surface area contributed by atoms with Gasteiger partial charge in [0.15, 0.2) is 5.82 Å². The molecule has 2 aromatic rings. The number of benzene rings is 1. The molecule has 3 heterocycles. The first-order chi connectivity index (χ1) is 12.1. The van der Waals surface area contributed by atoms with E-state index in [1.807, 2.05) is 40.8 Å². The second kappa shape index (κ2) is 6.42. The maximum atomic E-state index is 13.0. The fraction of sp³-hybridized carbons (Fsp3) is 0.579. The Morgan fingerprint density at radius 2 is 2.08 bits per heavy atom. The number of likely N-dealkylation sites (tertiary alicyclic amines) is 1. The van der Waals surface area contributed by atoms with Gasteiger partial charge in [-0.05, 0) is 43.4 Å². The smallest absolute Gasteiger partial charge is 0.289 e. The van der Waals surface area contributed by atoms with Crippen LogP contribution in [0.4, 0.5) is 0 Å². The van der Waals surface area contributed by atoms with Gasteiger partial charge in [-0.25, -0.2) is 4.98 Å². The van der Waals surface area contributed by atoms with E-state index in [1.165, 1.54) is 0 Å². The summed E-state index contributed by atoms with van der Waals surface area (Å²) in [5, 5.41) is 13.1. The van der Waals surface area contributed by atoms with Crippen LogP contribution in [-0.2, 0) is 7.05 Å². The number of rotatable bonds is 2. The van der Waals surface area contributed by atoms with E-state index >= 15 is 0 Å². The summed E-state index contributed by atoms with van der Waals surface area (Å²) >= 11 is 0. The largest absolute Gasteiger partial charge is 0.396 e. The van der Waals surface area contributed by atoms with Gasteiger partial charge < -0.3 is 19.9 Å². The monoisotopic (exact) mass is 342 g/mol. The summed E-state index contributed by atoms with van der Waals surface area (Å²) in [6.45, 7) is 3.62. The fourth-order valence-electron chi connectivity index (χ4n) is 4.58. The average Bonchev–Trinajstić information content (AvgIpc) is 2.99. The van der Waals surface area contributed by atoms with Gasteiger partial charge in [-0.2, -0.15) is 0 Å². The molecule has 1 aromatic heterocycles. The van der Waals surface area contributed by atoms with Crippen molar-refractivity contribution in [3.05, 3.63) is 30.1 Å². The SMILES string of the molecule is Cn1c(C(=O)N2CCC3(CCNCC3CO)CC2)nc2ccccc21. The van der Waals surface area contributed by atoms with E-state index in [0.29, 0.717) is 11.7 Å². The molecule has 1 spiro atoms. The number of aliphatic hydroxyl groups excluding tert-OH is 1. The van der Waals surface area contributed by atoms with Crippen molar-refractivity contribution in [2.24, 2.45) is 18.4 Å². The van der Waals surface area contributed by atoms with Crippen LogP contribution in [0, 0.1) is 11.3 Å². The van der Waals surface area contributed by atoms with Crippen molar-refractivity contribution in [3.63, 3.8) is 0 Å². The lowest BCUT2D eigenvalue weighted by Gasteiger charge is -2.48. The van der Waals surface area contributed by atoms with E-state index in [0.717, 1.165) is 56.5 Å². The molecule has 1 aromatic carbocycles. The molecule has 2 aliphatic rings. The number of aliphatic hydroxyl groups is 1. The Labute approximate surface area is 147 Å². The van der Waals surface area contributed by atoms with Crippen molar-refractivity contribution in [1.29, 1.82) is 0 Å². The predicted octanol–water partition coefficient (Wildman–Crippen LogP) is 1.40. The molecular formula is C19H26N4O2. The number of imidazole rings is 1. The number of aryl methyl sites for hydroxylation is 1. The van der Waals surface area contributed by atoms with Crippen LogP contribution in [0.5, 0.6) is 0 Å². The molecule has 0 radical (unpaired) electrons. The quantitative estimate of drug-likeness (QED) is 0.865. The van der Waals surface area contributed by atoms with Crippen LogP contribution in [-0.4, -0.2) is 58.3 Å². The van der Waals surface area contributed by atoms with Crippen LogP contribution in [0.25, 0.3) is 11.0 Å². The van der Waals surface area contributed by atoms with Crippen molar-refractivity contribution in [3.8, 4) is 0 Å². The van der Waals surface area contributed by atoms with Gasteiger partial charge in [0.05, 0.1) is 11.0 Å². The highest BCUT2D eigenvalue weighted by Gasteiger charge is 2.43. The summed E-state index contributed by atoms with van der Waals surface area (Å²) in [5.41, 5.74) is 2.03. The Kier molecular flexibility index (Phi) is 4.25. The normalized spacial score (nSPS) is 23.3. The van der Waals surface area contributed by atoms with Crippen molar-refractivity contribution in [2.75, 3.05) is 32.8 Å². The summed E-state index contributed by atoms with van der Waals surface area (Å²) < 4.78 is 1.89. The van der Waals surface area contributed by atoms with Gasteiger partial charge in [-0.3, -0.25) is 4.79 Å². The number of aromatic nitrogens is 2. The first-order valence-electron chi connectivity index (χ1n) is 9.17. The maximum absolute atomic E-state index is 13.0. The zero-order valence-electron chi connectivity index (χ0n) is 14.7. The Morgan fingerprint density at radius 3 is 2.80 bits per heavy atom. The molecule has 6 heteroatoms. The third kappa shape index (κ3) is 2.73. The standard InChI is InChI=1S/C19H26N4O2/c1-22-16-5-3-2-4-15(16)21-17(22)18(25)23-10-7-19(8-11-23)6-9-20-12-14(19)13-24/h2-5,14,20,24H,6-13H2,1H3. The molecule has 2 fully saturated rings. The number of amides is 1. The van der Waals surface area contributed by atoms with Gasteiger partial charge in [0, 0.05) is 39.2 Å². The number of piperidine rings is 2. The first kappa shape index (κ1) is 16.5. The molecule has 0 aliphatic carbocycles. The summed E-state index contributed by atoms with van der Waals surface area (Å²) in [4.78, 5) is 19.5. The van der Waals surface area contributed by atoms with E-state index in [2.05, 4.69) is 10.3 Å². The predicted molar refractivity (Wildman–Crippen MR) is 96.3 cm³/mol. The number of fused-ring (bicyclic) bond motifs is 1. The number of carbonyl (C=O) groups excluding carboxylic acids is 1. The van der Waals surface area contributed by atoms with Crippen molar-refractivity contribution in [2.45, 2.75) is 19.3 Å². The van der Waals surface area contributed by atoms with E-state index in [9.17, 15) is 9.90 Å². The van der Waals surface area contributed by atoms with Gasteiger partial charge in [0.25, 0.3) is 5.91 Å². The first-order valence-corrected chi connectivity index (χ1v) is 9.17. The Balaban J connectivity index is 1.52. The van der Waals surface area contributed by atoms with Crippen LogP contribution < -0.4 is 5.32 Å². The molecule has 25 heavy (non-hydrogen) atoms. The minimum absolute atomic E-state index is 0.0167. The molecule has 0 bridgehead atoms. The van der Waals surface area contributed by atoms with Crippen molar-refractivity contribution < 1.29 is 9.90 Å². The zero-order chi connectivity index (χ0) is 17.4. The molecule has 1 unspecified atom stereocenters. The fourth-order valence-corrected chi connectivity index (χ4v) is 4.58. The molecule has 4 rings (SSSR count). The molecule has 1 atom stereocenters. The summed E-state index contributed by atoms with van der Waals surface area (Å²) in [7, 11) is 1.91. The highest BCUT2D eigenvalue weighted by molar-refractivity contribution is 5.94. The average molecular weight is 342 g/mol. The number of nitrogens with one attached hydrogen (secondary N) is 1. The van der Waals surface area contributed by atoms with Gasteiger partial charge >= 0.3 is 0 Å². The molecule has 1 amide bonds. The molecule has 0 saturated carbocycles. The van der Waals surface area contributed by atoms with E-state index in [1.54, 1.807) is 0 Å². The van der Waals surface area contributed by atoms with E-state index in [-0.39, 0.29) is 17.9 Å². The zero-order valence-corrected chi connectivity index (χ0v) is 14.7. The van der Waals surface area contributed by atoms with Crippen LogP contribution in [0.2, 0.25) is 0 Å². The summed E-state index contributed by atoms with van der Waals surface area (Å²) in [5.74, 6) is 0.832. The van der Waals surface area contributed by atoms with Gasteiger partial charge in [-0.1, -0.05) is 12.1 Å². The van der Waals surface area contributed by atoms with Gasteiger partial charge in [0.2, 0.25) is 0 Å². The molecule has 6 nitrogen and oxygen atoms in total. The molecule has 2 aliphatic heterocycles. The lowest BCUT2D eigenvalue weighted by molar-refractivity contribution is -0.00156. The topological polar surface area (TPSA) is 70.4 Å². The molecule has 2 N–H and O–H groups in total. The number of nitrogens with zero attached hydrogens (tertiary/aromatic N) is 3. The Hall–Kier alpha value is -1.92. The number of para-hydroxylation sites is 2. The number of hydrogen-bond donors (Lipinski definition) is 2. The second-order valence-corrected chi connectivity index (χ2v) is 7.47. The maximum Gasteiger partial charge on any atom is 0.289 e. The van der Waals surface area contributed by atoms with Crippen LogP contribution in [0.15, 0.2) is 24.3 Å². The van der Waals surface area contributed by atoms with Crippen LogP contribution >= 0.6 is 0 Å². The third-order valence-electron chi connectivity index (χ3n) is 6.30. The van der Waals surface area contributed by atoms with E-state index in [4.69, 9.17) is 0 Å². The Morgan fingerprint density at radius 1 is 1.32 bits per heavy atom. The Bertz CT molecular complexity index is 777. The van der Waals surface area contributed by atoms with Crippen LogP contribution in [0.1, 0.15) is 29.9 Å². The highest BCUT2D eigenvalue weighted by Crippen LogP contribution is 2.43. The highest BCUT2D eigenvalue weighted by atomic mass is 16.3. The van der Waals surface area contributed by atoms with Gasteiger partial charge in [0.1, 0.15) is 0 Å². The second-order valence-electron chi connectivity index (χ2n) is 7.47. The summed E-state index contributed by atoms with van der Waals surface area (Å²) in [6, 6.07) is 7.85. The van der Waals surface area contributed by atoms with Crippen molar-refractivity contribution >= 4 is 16.9 Å². The number of carbonyl (C=O) groups is 1. The number of hydrogen-bond acceptors (Lipinski definition) is 4. The lowest BCUT2D eigenvalue weighted by Crippen LogP contribution is -2.53. The molecular weight excluding hydrogens is 316 g/mol. The van der Waals surface area contributed by atoms with E-state index < -0.39 is 0 Å². The minimum atomic E-state index is 0.0167. The lowest BCUT2D eigenvalue weighted by atomic mass is 9.65. The molecule has 2 saturated heterocycles. The van der Waals surface area contributed by atoms with Crippen molar-refractivity contribution in [1.82, 2.24) is 19.8 Å². The third-order valence-corrected chi connectivity index (χ3v) is 6.30. The summed E-state index contributed by atoms with van der Waals surface area (Å²) in [6.07, 6.45) is 3.03. The van der Waals surface area contributed by atoms with Crippen LogP contribution in [0.3, 0.4) is 0 Å².